The number of aliphatic hydroxyl groups excluding tert-OH is 1. The molecule has 3 atom stereocenters. The van der Waals surface area contributed by atoms with Crippen LogP contribution in [0.2, 0.25) is 0 Å². The molecule has 2 aliphatic heterocycles. The average Bonchev–Trinajstić information content (AvgIpc) is 3.46. The van der Waals surface area contributed by atoms with Crippen molar-refractivity contribution in [3.05, 3.63) is 47.3 Å². The van der Waals surface area contributed by atoms with Crippen LogP contribution in [0.15, 0.2) is 24.5 Å². The molecule has 2 unspecified atom stereocenters. The number of aliphatic hydroxyl groups is 1. The van der Waals surface area contributed by atoms with Crippen molar-refractivity contribution in [2.45, 2.75) is 43.1 Å². The van der Waals surface area contributed by atoms with Gasteiger partial charge in [0, 0.05) is 44.2 Å². The van der Waals surface area contributed by atoms with Crippen molar-refractivity contribution in [1.29, 1.82) is 0 Å². The first-order valence-corrected chi connectivity index (χ1v) is 11.2. The number of hydrogen-bond acceptors (Lipinski definition) is 6. The van der Waals surface area contributed by atoms with E-state index in [9.17, 15) is 31.9 Å². The number of nitrogens with zero attached hydrogens (tertiary/aromatic N) is 3. The molecule has 194 valence electrons. The lowest BCUT2D eigenvalue weighted by molar-refractivity contribution is -0.149. The normalized spacial score (nSPS) is 22.1. The van der Waals surface area contributed by atoms with Gasteiger partial charge in [-0.15, -0.1) is 12.3 Å². The van der Waals surface area contributed by atoms with E-state index in [1.165, 1.54) is 4.90 Å². The van der Waals surface area contributed by atoms with Crippen molar-refractivity contribution < 1.29 is 31.9 Å². The smallest absolute Gasteiger partial charge is 0.395 e. The van der Waals surface area contributed by atoms with E-state index >= 15 is 0 Å². The molecule has 3 heterocycles. The van der Waals surface area contributed by atoms with Gasteiger partial charge in [0.1, 0.15) is 23.2 Å². The number of carbonyl (C=O) groups excluding carboxylic acids is 1. The molecule has 4 N–H and O–H groups in total. The van der Waals surface area contributed by atoms with E-state index in [4.69, 9.17) is 6.42 Å². The van der Waals surface area contributed by atoms with Crippen LogP contribution in [0.1, 0.15) is 35.2 Å². The summed E-state index contributed by atoms with van der Waals surface area (Å²) in [6.07, 6.45) is 4.61. The third-order valence-corrected chi connectivity index (χ3v) is 6.67. The van der Waals surface area contributed by atoms with Crippen molar-refractivity contribution >= 4 is 11.6 Å². The van der Waals surface area contributed by atoms with Crippen LogP contribution in [0.4, 0.5) is 27.6 Å². The Hall–Kier alpha value is -3.21. The van der Waals surface area contributed by atoms with Crippen LogP contribution < -0.4 is 21.1 Å². The van der Waals surface area contributed by atoms with Crippen LogP contribution in [0, 0.1) is 24.0 Å². The standard InChI is InChI=1S/C23H25F5N6O2/c1-3-4-22(34-9-14(7-30-34)16-8-29-32-19(16)10-35)11-33(12-22)20-6-17(24)15(5-18(20)25)21(36)31-13(2)23(26,27)28/h1,5-7,9,13,16,19,29,32,35H,4,8,10-12H2,2H3,(H,31,36)/t13-,16?,19?/m0/s1. The molecule has 1 aromatic heterocycles. The summed E-state index contributed by atoms with van der Waals surface area (Å²) >= 11 is 0. The molecule has 0 saturated carbocycles. The SMILES string of the molecule is C#CCC1(n2cc(C3CNNC3CO)cn2)CN(c2cc(F)c(C(=O)N[C@@H](C)C(F)(F)F)cc2F)C1. The van der Waals surface area contributed by atoms with Crippen molar-refractivity contribution in [2.24, 2.45) is 0 Å². The lowest BCUT2D eigenvalue weighted by Gasteiger charge is -2.50. The summed E-state index contributed by atoms with van der Waals surface area (Å²) in [5, 5.41) is 15.6. The van der Waals surface area contributed by atoms with E-state index in [-0.39, 0.29) is 43.8 Å². The highest BCUT2D eigenvalue weighted by Gasteiger charge is 2.46. The zero-order valence-corrected chi connectivity index (χ0v) is 19.2. The summed E-state index contributed by atoms with van der Waals surface area (Å²) in [5.74, 6) is -0.892. The number of aromatic nitrogens is 2. The molecule has 1 aromatic carbocycles. The highest BCUT2D eigenvalue weighted by molar-refractivity contribution is 5.95. The highest BCUT2D eigenvalue weighted by Crippen LogP contribution is 2.38. The molecule has 13 heteroatoms. The van der Waals surface area contributed by atoms with Gasteiger partial charge in [-0.1, -0.05) is 0 Å². The number of benzene rings is 1. The summed E-state index contributed by atoms with van der Waals surface area (Å²) in [6, 6.07) is -1.03. The van der Waals surface area contributed by atoms with Crippen molar-refractivity contribution in [3.63, 3.8) is 0 Å². The molecule has 2 aliphatic rings. The molecule has 0 spiro atoms. The second-order valence-electron chi connectivity index (χ2n) is 9.12. The van der Waals surface area contributed by atoms with E-state index in [1.807, 2.05) is 6.20 Å². The molecule has 2 saturated heterocycles. The van der Waals surface area contributed by atoms with Crippen LogP contribution >= 0.6 is 0 Å². The number of carbonyl (C=O) groups is 1. The first-order valence-electron chi connectivity index (χ1n) is 11.2. The number of rotatable bonds is 7. The fourth-order valence-corrected chi connectivity index (χ4v) is 4.52. The van der Waals surface area contributed by atoms with Gasteiger partial charge < -0.3 is 15.3 Å². The third-order valence-electron chi connectivity index (χ3n) is 6.67. The topological polar surface area (TPSA) is 94.4 Å². The Morgan fingerprint density at radius 2 is 2.08 bits per heavy atom. The zero-order chi connectivity index (χ0) is 26.3. The Kier molecular flexibility index (Phi) is 6.96. The van der Waals surface area contributed by atoms with Gasteiger partial charge in [0.2, 0.25) is 0 Å². The number of hydrazine groups is 1. The molecule has 0 bridgehead atoms. The molecule has 0 aliphatic carbocycles. The Morgan fingerprint density at radius 1 is 1.36 bits per heavy atom. The summed E-state index contributed by atoms with van der Waals surface area (Å²) in [4.78, 5) is 13.6. The molecule has 2 fully saturated rings. The maximum Gasteiger partial charge on any atom is 0.408 e. The van der Waals surface area contributed by atoms with Crippen LogP contribution in [0.25, 0.3) is 0 Å². The fourth-order valence-electron chi connectivity index (χ4n) is 4.52. The molecule has 36 heavy (non-hydrogen) atoms. The van der Waals surface area contributed by atoms with Crippen LogP contribution in [-0.2, 0) is 5.54 Å². The quantitative estimate of drug-likeness (QED) is 0.333. The van der Waals surface area contributed by atoms with Gasteiger partial charge in [0.05, 0.1) is 30.1 Å². The number of terminal acetylenes is 1. The predicted octanol–water partition coefficient (Wildman–Crippen LogP) is 1.63. The lowest BCUT2D eigenvalue weighted by Crippen LogP contribution is -2.63. The number of alkyl halides is 3. The number of halogens is 5. The molecular weight excluding hydrogens is 487 g/mol. The van der Waals surface area contributed by atoms with E-state index < -0.39 is 40.9 Å². The Labute approximate surface area is 203 Å². The van der Waals surface area contributed by atoms with Crippen molar-refractivity contribution in [3.8, 4) is 12.3 Å². The number of nitrogens with one attached hydrogen (secondary N) is 3. The maximum atomic E-state index is 14.9. The first kappa shape index (κ1) is 25.9. The van der Waals surface area contributed by atoms with Crippen molar-refractivity contribution in [1.82, 2.24) is 25.9 Å². The summed E-state index contributed by atoms with van der Waals surface area (Å²) in [7, 11) is 0. The van der Waals surface area contributed by atoms with E-state index in [2.05, 4.69) is 21.9 Å². The second kappa shape index (κ2) is 9.68. The van der Waals surface area contributed by atoms with E-state index in [0.717, 1.165) is 11.6 Å². The minimum atomic E-state index is -4.72. The van der Waals surface area contributed by atoms with Crippen molar-refractivity contribution in [2.75, 3.05) is 31.1 Å². The molecule has 1 amide bonds. The summed E-state index contributed by atoms with van der Waals surface area (Å²) in [6.45, 7) is 1.61. The van der Waals surface area contributed by atoms with E-state index in [1.54, 1.807) is 16.2 Å². The minimum absolute atomic E-state index is 0.0203. The minimum Gasteiger partial charge on any atom is -0.395 e. The molecular formula is C23H25F5N6O2. The average molecular weight is 512 g/mol. The highest BCUT2D eigenvalue weighted by atomic mass is 19.4. The fraction of sp³-hybridized carbons (Fsp3) is 0.478. The van der Waals surface area contributed by atoms with Gasteiger partial charge in [0.25, 0.3) is 5.91 Å². The monoisotopic (exact) mass is 512 g/mol. The van der Waals surface area contributed by atoms with Crippen LogP contribution in [0.5, 0.6) is 0 Å². The number of hydrogen-bond donors (Lipinski definition) is 4. The summed E-state index contributed by atoms with van der Waals surface area (Å²) in [5.41, 5.74) is 5.20. The van der Waals surface area contributed by atoms with Gasteiger partial charge in [-0.2, -0.15) is 18.3 Å². The predicted molar refractivity (Wildman–Crippen MR) is 120 cm³/mol. The van der Waals surface area contributed by atoms with Gasteiger partial charge in [0.15, 0.2) is 0 Å². The van der Waals surface area contributed by atoms with E-state index in [0.29, 0.717) is 19.5 Å². The van der Waals surface area contributed by atoms with Gasteiger partial charge in [-0.3, -0.25) is 20.3 Å². The first-order chi connectivity index (χ1) is 17.0. The zero-order valence-electron chi connectivity index (χ0n) is 19.2. The molecule has 4 rings (SSSR count). The third kappa shape index (κ3) is 4.76. The maximum absolute atomic E-state index is 14.9. The summed E-state index contributed by atoms with van der Waals surface area (Å²) < 4.78 is 69.3. The Bertz CT molecular complexity index is 1170. The second-order valence-corrected chi connectivity index (χ2v) is 9.12. The molecule has 2 aromatic rings. The molecule has 8 nitrogen and oxygen atoms in total. The number of amides is 1. The number of anilines is 1. The molecule has 0 radical (unpaired) electrons. The van der Waals surface area contributed by atoms with Gasteiger partial charge in [-0.05, 0) is 18.6 Å². The van der Waals surface area contributed by atoms with Gasteiger partial charge >= 0.3 is 6.18 Å². The Morgan fingerprint density at radius 3 is 2.72 bits per heavy atom. The van der Waals surface area contributed by atoms with Crippen LogP contribution in [-0.4, -0.2) is 65.3 Å². The lowest BCUT2D eigenvalue weighted by atomic mass is 9.85. The van der Waals surface area contributed by atoms with Crippen LogP contribution in [0.3, 0.4) is 0 Å². The Balaban J connectivity index is 1.51. The van der Waals surface area contributed by atoms with Gasteiger partial charge in [-0.25, -0.2) is 8.78 Å². The largest absolute Gasteiger partial charge is 0.408 e.